The Hall–Kier alpha value is -1.59. The molecule has 0 saturated heterocycles. The molecule has 0 aromatic rings. The SMILES string of the molecule is COCCNCC1=NC(=O)C2C=CC=CC2=N1. The lowest BCUT2D eigenvalue weighted by Gasteiger charge is -2.17. The van der Waals surface area contributed by atoms with E-state index in [-0.39, 0.29) is 11.8 Å². The number of nitrogens with zero attached hydrogens (tertiary/aromatic N) is 2. The number of carbonyl (C=O) groups excluding carboxylic acids is 1. The van der Waals surface area contributed by atoms with Gasteiger partial charge in [-0.25, -0.2) is 4.99 Å². The summed E-state index contributed by atoms with van der Waals surface area (Å²) in [7, 11) is 1.65. The normalized spacial score (nSPS) is 22.2. The van der Waals surface area contributed by atoms with Gasteiger partial charge in [-0.2, -0.15) is 4.99 Å². The monoisotopic (exact) mass is 233 g/mol. The largest absolute Gasteiger partial charge is 0.383 e. The van der Waals surface area contributed by atoms with E-state index in [9.17, 15) is 4.79 Å². The van der Waals surface area contributed by atoms with Crippen LogP contribution < -0.4 is 5.32 Å². The molecular formula is C12H15N3O2. The summed E-state index contributed by atoms with van der Waals surface area (Å²) < 4.78 is 4.91. The molecule has 1 aliphatic carbocycles. The first kappa shape index (κ1) is 11.9. The summed E-state index contributed by atoms with van der Waals surface area (Å²) in [6, 6.07) is 0. The number of nitrogens with one attached hydrogen (secondary N) is 1. The van der Waals surface area contributed by atoms with Gasteiger partial charge in [0.05, 0.1) is 18.9 Å². The van der Waals surface area contributed by atoms with Crippen LogP contribution in [-0.4, -0.2) is 44.3 Å². The first-order chi connectivity index (χ1) is 8.31. The molecule has 1 unspecified atom stereocenters. The number of amidine groups is 1. The van der Waals surface area contributed by atoms with Gasteiger partial charge in [-0.1, -0.05) is 18.2 Å². The number of rotatable bonds is 5. The van der Waals surface area contributed by atoms with Gasteiger partial charge in [0, 0.05) is 13.7 Å². The summed E-state index contributed by atoms with van der Waals surface area (Å²) in [6.07, 6.45) is 7.40. The Kier molecular flexibility index (Phi) is 3.95. The van der Waals surface area contributed by atoms with Crippen molar-refractivity contribution in [1.29, 1.82) is 0 Å². The van der Waals surface area contributed by atoms with Crippen LogP contribution >= 0.6 is 0 Å². The molecule has 0 aromatic heterocycles. The van der Waals surface area contributed by atoms with Gasteiger partial charge in [0.1, 0.15) is 11.8 Å². The van der Waals surface area contributed by atoms with Gasteiger partial charge in [0.2, 0.25) is 0 Å². The Morgan fingerprint density at radius 3 is 3.12 bits per heavy atom. The Morgan fingerprint density at radius 1 is 1.41 bits per heavy atom. The lowest BCUT2D eigenvalue weighted by atomic mass is 9.96. The van der Waals surface area contributed by atoms with Crippen LogP contribution in [0.1, 0.15) is 0 Å². The molecule has 0 fully saturated rings. The van der Waals surface area contributed by atoms with Crippen LogP contribution in [0.5, 0.6) is 0 Å². The van der Waals surface area contributed by atoms with Crippen molar-refractivity contribution in [1.82, 2.24) is 5.32 Å². The fourth-order valence-corrected chi connectivity index (χ4v) is 1.67. The summed E-state index contributed by atoms with van der Waals surface area (Å²) in [6.45, 7) is 1.83. The molecule has 2 rings (SSSR count). The van der Waals surface area contributed by atoms with E-state index in [4.69, 9.17) is 4.74 Å². The Labute approximate surface area is 100.0 Å². The van der Waals surface area contributed by atoms with Crippen LogP contribution in [0.4, 0.5) is 0 Å². The number of aliphatic imine (C=N–C) groups is 2. The molecule has 1 amide bonds. The minimum Gasteiger partial charge on any atom is -0.383 e. The predicted octanol–water partition coefficient (Wildman–Crippen LogP) is 0.344. The summed E-state index contributed by atoms with van der Waals surface area (Å²) in [5, 5.41) is 3.11. The van der Waals surface area contributed by atoms with Crippen molar-refractivity contribution in [3.8, 4) is 0 Å². The molecule has 17 heavy (non-hydrogen) atoms. The number of amides is 1. The molecule has 0 aromatic carbocycles. The molecule has 1 N–H and O–H groups in total. The van der Waals surface area contributed by atoms with E-state index in [1.807, 2.05) is 24.3 Å². The van der Waals surface area contributed by atoms with Crippen molar-refractivity contribution in [3.63, 3.8) is 0 Å². The molecule has 0 saturated carbocycles. The highest BCUT2D eigenvalue weighted by molar-refractivity contribution is 6.21. The van der Waals surface area contributed by atoms with Gasteiger partial charge >= 0.3 is 0 Å². The van der Waals surface area contributed by atoms with Crippen LogP contribution in [0.2, 0.25) is 0 Å². The molecule has 1 heterocycles. The third-order valence-electron chi connectivity index (χ3n) is 2.53. The van der Waals surface area contributed by atoms with E-state index in [1.165, 1.54) is 0 Å². The van der Waals surface area contributed by atoms with E-state index in [0.717, 1.165) is 5.71 Å². The zero-order valence-electron chi connectivity index (χ0n) is 9.72. The van der Waals surface area contributed by atoms with E-state index >= 15 is 0 Å². The Balaban J connectivity index is 1.96. The number of ether oxygens (including phenoxy) is 1. The van der Waals surface area contributed by atoms with Crippen LogP contribution in [-0.2, 0) is 9.53 Å². The van der Waals surface area contributed by atoms with Gasteiger partial charge in [0.25, 0.3) is 5.91 Å². The molecule has 2 aliphatic rings. The van der Waals surface area contributed by atoms with Crippen molar-refractivity contribution >= 4 is 17.5 Å². The van der Waals surface area contributed by atoms with Crippen LogP contribution in [0.25, 0.3) is 0 Å². The lowest BCUT2D eigenvalue weighted by molar-refractivity contribution is -0.118. The minimum atomic E-state index is -0.289. The highest BCUT2D eigenvalue weighted by Crippen LogP contribution is 2.15. The van der Waals surface area contributed by atoms with E-state index in [0.29, 0.717) is 25.5 Å². The molecule has 90 valence electrons. The van der Waals surface area contributed by atoms with Crippen LogP contribution in [0.3, 0.4) is 0 Å². The summed E-state index contributed by atoms with van der Waals surface area (Å²) in [5.74, 6) is 0.110. The van der Waals surface area contributed by atoms with Crippen molar-refractivity contribution in [2.75, 3.05) is 26.8 Å². The number of hydrogen-bond donors (Lipinski definition) is 1. The average molecular weight is 233 g/mol. The van der Waals surface area contributed by atoms with E-state index < -0.39 is 0 Å². The van der Waals surface area contributed by atoms with Gasteiger partial charge in [-0.3, -0.25) is 4.79 Å². The Bertz CT molecular complexity index is 421. The molecule has 0 radical (unpaired) electrons. The average Bonchev–Trinajstić information content (AvgIpc) is 2.35. The molecule has 1 aliphatic heterocycles. The molecule has 5 heteroatoms. The van der Waals surface area contributed by atoms with Crippen molar-refractivity contribution in [3.05, 3.63) is 24.3 Å². The highest BCUT2D eigenvalue weighted by atomic mass is 16.5. The number of carbonyl (C=O) groups is 1. The number of methoxy groups -OCH3 is 1. The summed E-state index contributed by atoms with van der Waals surface area (Å²) >= 11 is 0. The van der Waals surface area contributed by atoms with Gasteiger partial charge in [0.15, 0.2) is 0 Å². The predicted molar refractivity (Wildman–Crippen MR) is 66.4 cm³/mol. The maximum absolute atomic E-state index is 11.7. The quantitative estimate of drug-likeness (QED) is 0.697. The van der Waals surface area contributed by atoms with Gasteiger partial charge in [-0.05, 0) is 6.08 Å². The second-order valence-electron chi connectivity index (χ2n) is 3.79. The smallest absolute Gasteiger partial charge is 0.260 e. The van der Waals surface area contributed by atoms with Crippen LogP contribution in [0.15, 0.2) is 34.3 Å². The fourth-order valence-electron chi connectivity index (χ4n) is 1.67. The van der Waals surface area contributed by atoms with Gasteiger partial charge < -0.3 is 10.1 Å². The van der Waals surface area contributed by atoms with Crippen LogP contribution in [0, 0.1) is 5.92 Å². The lowest BCUT2D eigenvalue weighted by Crippen LogP contribution is -2.32. The first-order valence-corrected chi connectivity index (χ1v) is 5.56. The molecule has 5 nitrogen and oxygen atoms in total. The summed E-state index contributed by atoms with van der Waals surface area (Å²) in [5.41, 5.74) is 0.774. The van der Waals surface area contributed by atoms with E-state index in [2.05, 4.69) is 15.3 Å². The van der Waals surface area contributed by atoms with Crippen molar-refractivity contribution < 1.29 is 9.53 Å². The third-order valence-corrected chi connectivity index (χ3v) is 2.53. The Morgan fingerprint density at radius 2 is 2.29 bits per heavy atom. The second kappa shape index (κ2) is 5.65. The topological polar surface area (TPSA) is 63.0 Å². The standard InChI is InChI=1S/C12H15N3O2/c1-17-7-6-13-8-11-14-10-5-3-2-4-9(10)12(16)15-11/h2-5,9,13H,6-8H2,1H3. The zero-order valence-corrected chi connectivity index (χ0v) is 9.72. The molecular weight excluding hydrogens is 218 g/mol. The number of allylic oxidation sites excluding steroid dienone is 3. The highest BCUT2D eigenvalue weighted by Gasteiger charge is 2.25. The third kappa shape index (κ3) is 2.95. The molecule has 0 bridgehead atoms. The minimum absolute atomic E-state index is 0.140. The molecule has 0 spiro atoms. The first-order valence-electron chi connectivity index (χ1n) is 5.56. The maximum atomic E-state index is 11.7. The number of hydrogen-bond acceptors (Lipinski definition) is 4. The maximum Gasteiger partial charge on any atom is 0.260 e. The van der Waals surface area contributed by atoms with E-state index in [1.54, 1.807) is 7.11 Å². The van der Waals surface area contributed by atoms with Crippen molar-refractivity contribution in [2.24, 2.45) is 15.9 Å². The summed E-state index contributed by atoms with van der Waals surface area (Å²) in [4.78, 5) is 20.0. The van der Waals surface area contributed by atoms with Crippen molar-refractivity contribution in [2.45, 2.75) is 0 Å². The zero-order chi connectivity index (χ0) is 12.1. The number of fused-ring (bicyclic) bond motifs is 1. The second-order valence-corrected chi connectivity index (χ2v) is 3.79. The molecule has 1 atom stereocenters. The van der Waals surface area contributed by atoms with Gasteiger partial charge in [-0.15, -0.1) is 0 Å². The fraction of sp³-hybridized carbons (Fsp3) is 0.417.